The van der Waals surface area contributed by atoms with Crippen molar-refractivity contribution in [2.45, 2.75) is 45.1 Å². The van der Waals surface area contributed by atoms with Gasteiger partial charge in [-0.05, 0) is 62.1 Å². The van der Waals surface area contributed by atoms with Gasteiger partial charge in [-0.3, -0.25) is 9.69 Å². The normalized spacial score (nSPS) is 25.5. The summed E-state index contributed by atoms with van der Waals surface area (Å²) in [4.78, 5) is 28.6. The summed E-state index contributed by atoms with van der Waals surface area (Å²) in [6, 6.07) is 5.00. The molecule has 1 aromatic rings. The smallest absolute Gasteiger partial charge is 0.324 e. The van der Waals surface area contributed by atoms with Gasteiger partial charge in [0.15, 0.2) is 0 Å². The summed E-state index contributed by atoms with van der Waals surface area (Å²) in [6.45, 7) is 3.58. The van der Waals surface area contributed by atoms with Gasteiger partial charge in [0.2, 0.25) is 5.91 Å². The zero-order valence-electron chi connectivity index (χ0n) is 15.2. The SMILES string of the molecule is Cc1ccc(N(CC2CC2)C(=O)N2CC3CCCC(=O)NC3C2)cc1F. The number of halogens is 1. The summed E-state index contributed by atoms with van der Waals surface area (Å²) in [5, 5.41) is 3.06. The number of amides is 3. The van der Waals surface area contributed by atoms with E-state index < -0.39 is 0 Å². The van der Waals surface area contributed by atoms with Gasteiger partial charge in [-0.1, -0.05) is 6.07 Å². The monoisotopic (exact) mass is 359 g/mol. The number of benzene rings is 1. The van der Waals surface area contributed by atoms with Crippen molar-refractivity contribution in [1.29, 1.82) is 0 Å². The molecule has 2 heterocycles. The molecule has 3 aliphatic rings. The molecule has 6 heteroatoms. The van der Waals surface area contributed by atoms with Crippen molar-refractivity contribution in [2.75, 3.05) is 24.5 Å². The van der Waals surface area contributed by atoms with E-state index in [1.165, 1.54) is 6.07 Å². The fourth-order valence-electron chi connectivity index (χ4n) is 4.06. The third kappa shape index (κ3) is 3.55. The largest absolute Gasteiger partial charge is 0.351 e. The van der Waals surface area contributed by atoms with Gasteiger partial charge < -0.3 is 10.2 Å². The van der Waals surface area contributed by atoms with Crippen molar-refractivity contribution >= 4 is 17.6 Å². The first-order chi connectivity index (χ1) is 12.5. The van der Waals surface area contributed by atoms with Crippen LogP contribution in [0.15, 0.2) is 18.2 Å². The molecule has 2 aliphatic heterocycles. The molecule has 0 aromatic heterocycles. The van der Waals surface area contributed by atoms with E-state index in [9.17, 15) is 14.0 Å². The van der Waals surface area contributed by atoms with Crippen LogP contribution in [0.3, 0.4) is 0 Å². The van der Waals surface area contributed by atoms with Crippen LogP contribution in [0, 0.1) is 24.6 Å². The third-order valence-electron chi connectivity index (χ3n) is 5.87. The van der Waals surface area contributed by atoms with E-state index in [1.54, 1.807) is 17.9 Å². The fraction of sp³-hybridized carbons (Fsp3) is 0.600. The Morgan fingerprint density at radius 1 is 1.31 bits per heavy atom. The van der Waals surface area contributed by atoms with Crippen LogP contribution in [0.1, 0.15) is 37.7 Å². The second-order valence-corrected chi connectivity index (χ2v) is 8.00. The quantitative estimate of drug-likeness (QED) is 0.902. The van der Waals surface area contributed by atoms with Crippen LogP contribution in [0.25, 0.3) is 0 Å². The average molecular weight is 359 g/mol. The lowest BCUT2D eigenvalue weighted by atomic mass is 9.99. The van der Waals surface area contributed by atoms with Gasteiger partial charge in [0.05, 0.1) is 6.04 Å². The highest BCUT2D eigenvalue weighted by molar-refractivity contribution is 5.92. The molecular formula is C20H26FN3O2. The predicted molar refractivity (Wildman–Crippen MR) is 97.4 cm³/mol. The molecule has 0 bridgehead atoms. The zero-order valence-corrected chi connectivity index (χ0v) is 15.2. The number of fused-ring (bicyclic) bond motifs is 1. The molecule has 26 heavy (non-hydrogen) atoms. The van der Waals surface area contributed by atoms with Gasteiger partial charge in [-0.15, -0.1) is 0 Å². The van der Waals surface area contributed by atoms with Crippen LogP contribution in [0.4, 0.5) is 14.9 Å². The number of carbonyl (C=O) groups excluding carboxylic acids is 2. The van der Waals surface area contributed by atoms with E-state index in [0.29, 0.717) is 49.1 Å². The Balaban J connectivity index is 1.53. The Morgan fingerprint density at radius 2 is 2.12 bits per heavy atom. The minimum absolute atomic E-state index is 0.0477. The van der Waals surface area contributed by atoms with Crippen molar-refractivity contribution in [3.8, 4) is 0 Å². The summed E-state index contributed by atoms with van der Waals surface area (Å²) in [5.74, 6) is 0.635. The van der Waals surface area contributed by atoms with Crippen molar-refractivity contribution in [2.24, 2.45) is 11.8 Å². The molecule has 140 valence electrons. The van der Waals surface area contributed by atoms with Gasteiger partial charge in [-0.25, -0.2) is 9.18 Å². The van der Waals surface area contributed by atoms with Crippen molar-refractivity contribution in [3.05, 3.63) is 29.6 Å². The molecule has 2 saturated heterocycles. The highest BCUT2D eigenvalue weighted by atomic mass is 19.1. The van der Waals surface area contributed by atoms with Crippen LogP contribution in [-0.2, 0) is 4.79 Å². The van der Waals surface area contributed by atoms with Gasteiger partial charge in [0.25, 0.3) is 0 Å². The van der Waals surface area contributed by atoms with E-state index in [2.05, 4.69) is 5.32 Å². The Morgan fingerprint density at radius 3 is 2.85 bits per heavy atom. The lowest BCUT2D eigenvalue weighted by molar-refractivity contribution is -0.121. The van der Waals surface area contributed by atoms with Crippen LogP contribution in [0.5, 0.6) is 0 Å². The van der Waals surface area contributed by atoms with E-state index in [4.69, 9.17) is 0 Å². The average Bonchev–Trinajstić information content (AvgIpc) is 3.38. The number of aryl methyl sites for hydroxylation is 1. The molecule has 1 saturated carbocycles. The molecule has 3 fully saturated rings. The van der Waals surface area contributed by atoms with Crippen molar-refractivity contribution in [3.63, 3.8) is 0 Å². The lowest BCUT2D eigenvalue weighted by Crippen LogP contribution is -2.45. The maximum atomic E-state index is 14.1. The molecule has 2 unspecified atom stereocenters. The third-order valence-corrected chi connectivity index (χ3v) is 5.87. The first kappa shape index (κ1) is 17.3. The first-order valence-corrected chi connectivity index (χ1v) is 9.63. The number of hydrogen-bond donors (Lipinski definition) is 1. The standard InChI is InChI=1S/C20H26FN3O2/c1-13-5-8-16(9-17(13)21)24(10-14-6-7-14)20(26)23-11-15-3-2-4-19(25)22-18(15)12-23/h5,8-9,14-15,18H,2-4,6-7,10-12H2,1H3,(H,22,25). The molecule has 0 spiro atoms. The van der Waals surface area contributed by atoms with Gasteiger partial charge >= 0.3 is 6.03 Å². The predicted octanol–water partition coefficient (Wildman–Crippen LogP) is 3.07. The van der Waals surface area contributed by atoms with Crippen LogP contribution < -0.4 is 10.2 Å². The number of rotatable bonds is 3. The highest BCUT2D eigenvalue weighted by Gasteiger charge is 2.40. The second-order valence-electron chi connectivity index (χ2n) is 8.00. The summed E-state index contributed by atoms with van der Waals surface area (Å²) in [6.07, 6.45) is 4.68. The number of anilines is 1. The Hall–Kier alpha value is -2.11. The molecule has 1 aliphatic carbocycles. The molecule has 1 N–H and O–H groups in total. The lowest BCUT2D eigenvalue weighted by Gasteiger charge is -2.29. The van der Waals surface area contributed by atoms with E-state index in [-0.39, 0.29) is 23.8 Å². The summed E-state index contributed by atoms with van der Waals surface area (Å²) in [5.41, 5.74) is 1.21. The topological polar surface area (TPSA) is 52.7 Å². The molecule has 0 radical (unpaired) electrons. The zero-order chi connectivity index (χ0) is 18.3. The highest BCUT2D eigenvalue weighted by Crippen LogP contribution is 2.33. The van der Waals surface area contributed by atoms with E-state index >= 15 is 0 Å². The van der Waals surface area contributed by atoms with Gasteiger partial charge in [0.1, 0.15) is 5.82 Å². The minimum atomic E-state index is -0.282. The molecule has 4 rings (SSSR count). The Labute approximate surface area is 153 Å². The number of nitrogens with zero attached hydrogens (tertiary/aromatic N) is 2. The molecular weight excluding hydrogens is 333 g/mol. The molecule has 1 aromatic carbocycles. The maximum Gasteiger partial charge on any atom is 0.324 e. The van der Waals surface area contributed by atoms with Crippen LogP contribution in [0.2, 0.25) is 0 Å². The second kappa shape index (κ2) is 6.89. The van der Waals surface area contributed by atoms with Crippen LogP contribution >= 0.6 is 0 Å². The van der Waals surface area contributed by atoms with Crippen LogP contribution in [-0.4, -0.2) is 42.5 Å². The Kier molecular flexibility index (Phi) is 4.59. The molecule has 2 atom stereocenters. The fourth-order valence-corrected chi connectivity index (χ4v) is 4.06. The number of nitrogens with one attached hydrogen (secondary N) is 1. The number of carbonyl (C=O) groups is 2. The van der Waals surface area contributed by atoms with Gasteiger partial charge in [-0.2, -0.15) is 0 Å². The number of hydrogen-bond acceptors (Lipinski definition) is 2. The van der Waals surface area contributed by atoms with E-state index in [1.807, 2.05) is 11.0 Å². The number of likely N-dealkylation sites (tertiary alicyclic amines) is 1. The Bertz CT molecular complexity index is 719. The maximum absolute atomic E-state index is 14.1. The molecule has 5 nitrogen and oxygen atoms in total. The summed E-state index contributed by atoms with van der Waals surface area (Å²) in [7, 11) is 0. The van der Waals surface area contributed by atoms with Gasteiger partial charge in [0, 0.05) is 31.7 Å². The first-order valence-electron chi connectivity index (χ1n) is 9.63. The van der Waals surface area contributed by atoms with Crippen molar-refractivity contribution in [1.82, 2.24) is 10.2 Å². The van der Waals surface area contributed by atoms with Crippen molar-refractivity contribution < 1.29 is 14.0 Å². The molecule has 3 amide bonds. The summed E-state index contributed by atoms with van der Waals surface area (Å²) >= 11 is 0. The van der Waals surface area contributed by atoms with E-state index in [0.717, 1.165) is 25.7 Å². The minimum Gasteiger partial charge on any atom is -0.351 e. The number of urea groups is 1. The summed E-state index contributed by atoms with van der Waals surface area (Å²) < 4.78 is 14.1.